The standard InChI is InChI=1S/C6H11N/c1-5-3-4-6(5)7-2/h6-7H,1,3-4H2,2H3/t6-/m0/s1. The zero-order valence-electron chi connectivity index (χ0n) is 4.70. The molecule has 0 aromatic heterocycles. The van der Waals surface area contributed by atoms with Gasteiger partial charge in [0, 0.05) is 6.04 Å². The topological polar surface area (TPSA) is 12.0 Å². The molecule has 0 bridgehead atoms. The molecule has 40 valence electrons. The van der Waals surface area contributed by atoms with E-state index in [4.69, 9.17) is 0 Å². The van der Waals surface area contributed by atoms with E-state index in [2.05, 4.69) is 11.9 Å². The minimum absolute atomic E-state index is 0.639. The summed E-state index contributed by atoms with van der Waals surface area (Å²) in [6, 6.07) is 0.639. The van der Waals surface area contributed by atoms with Crippen LogP contribution in [-0.2, 0) is 0 Å². The molecule has 0 radical (unpaired) electrons. The summed E-state index contributed by atoms with van der Waals surface area (Å²) < 4.78 is 0. The smallest absolute Gasteiger partial charge is 0.0277 e. The number of rotatable bonds is 1. The Labute approximate surface area is 44.4 Å². The van der Waals surface area contributed by atoms with Crippen LogP contribution in [0.25, 0.3) is 0 Å². The van der Waals surface area contributed by atoms with Crippen LogP contribution in [0.4, 0.5) is 0 Å². The van der Waals surface area contributed by atoms with Crippen molar-refractivity contribution in [2.45, 2.75) is 18.9 Å². The lowest BCUT2D eigenvalue weighted by atomic mass is 9.88. The quantitative estimate of drug-likeness (QED) is 0.480. The van der Waals surface area contributed by atoms with Gasteiger partial charge in [0.25, 0.3) is 0 Å². The van der Waals surface area contributed by atoms with Gasteiger partial charge in [-0.25, -0.2) is 0 Å². The summed E-state index contributed by atoms with van der Waals surface area (Å²) in [5.41, 5.74) is 1.36. The van der Waals surface area contributed by atoms with Crippen LogP contribution in [0.3, 0.4) is 0 Å². The van der Waals surface area contributed by atoms with E-state index in [1.165, 1.54) is 18.4 Å². The van der Waals surface area contributed by atoms with Crippen molar-refractivity contribution in [1.29, 1.82) is 0 Å². The molecular formula is C6H11N. The highest BCUT2D eigenvalue weighted by molar-refractivity contribution is 5.14. The maximum atomic E-state index is 3.85. The molecule has 0 aromatic carbocycles. The lowest BCUT2D eigenvalue weighted by molar-refractivity contribution is 0.483. The van der Waals surface area contributed by atoms with Crippen molar-refractivity contribution >= 4 is 0 Å². The third-order valence-electron chi connectivity index (χ3n) is 1.60. The van der Waals surface area contributed by atoms with E-state index in [9.17, 15) is 0 Å². The van der Waals surface area contributed by atoms with Gasteiger partial charge >= 0.3 is 0 Å². The molecule has 0 saturated heterocycles. The van der Waals surface area contributed by atoms with Crippen LogP contribution in [-0.4, -0.2) is 13.1 Å². The number of hydrogen-bond donors (Lipinski definition) is 1. The van der Waals surface area contributed by atoms with Gasteiger partial charge < -0.3 is 5.32 Å². The zero-order valence-corrected chi connectivity index (χ0v) is 4.70. The number of nitrogens with one attached hydrogen (secondary N) is 1. The van der Waals surface area contributed by atoms with Gasteiger partial charge in [0.2, 0.25) is 0 Å². The highest BCUT2D eigenvalue weighted by Gasteiger charge is 2.18. The molecule has 0 amide bonds. The van der Waals surface area contributed by atoms with Crippen molar-refractivity contribution in [1.82, 2.24) is 5.32 Å². The summed E-state index contributed by atoms with van der Waals surface area (Å²) in [5, 5.41) is 3.15. The third kappa shape index (κ3) is 0.682. The van der Waals surface area contributed by atoms with Crippen LogP contribution in [0.2, 0.25) is 0 Å². The second-order valence-corrected chi connectivity index (χ2v) is 2.04. The maximum absolute atomic E-state index is 3.85. The van der Waals surface area contributed by atoms with Crippen molar-refractivity contribution in [2.75, 3.05) is 7.05 Å². The van der Waals surface area contributed by atoms with E-state index in [1.54, 1.807) is 0 Å². The molecule has 1 fully saturated rings. The molecule has 1 nitrogen and oxygen atoms in total. The Hall–Kier alpha value is -0.300. The Bertz CT molecular complexity index is 84.2. The zero-order chi connectivity index (χ0) is 5.28. The molecule has 1 aliphatic carbocycles. The van der Waals surface area contributed by atoms with Gasteiger partial charge in [-0.3, -0.25) is 0 Å². The predicted molar refractivity (Wildman–Crippen MR) is 31.2 cm³/mol. The average molecular weight is 97.2 g/mol. The highest BCUT2D eigenvalue weighted by atomic mass is 14.9. The Balaban J connectivity index is 2.29. The monoisotopic (exact) mass is 97.1 g/mol. The van der Waals surface area contributed by atoms with Gasteiger partial charge in [-0.1, -0.05) is 12.2 Å². The van der Waals surface area contributed by atoms with E-state index in [1.807, 2.05) is 7.05 Å². The fourth-order valence-corrected chi connectivity index (χ4v) is 0.841. The molecule has 0 aromatic rings. The first-order chi connectivity index (χ1) is 3.34. The molecule has 0 spiro atoms. The summed E-state index contributed by atoms with van der Waals surface area (Å²) in [7, 11) is 1.98. The van der Waals surface area contributed by atoms with Crippen LogP contribution >= 0.6 is 0 Å². The average Bonchev–Trinajstić information content (AvgIpc) is 1.65. The molecule has 1 saturated carbocycles. The van der Waals surface area contributed by atoms with Gasteiger partial charge in [-0.15, -0.1) is 0 Å². The number of likely N-dealkylation sites (N-methyl/N-ethyl adjacent to an activating group) is 1. The molecule has 1 N–H and O–H groups in total. The van der Waals surface area contributed by atoms with Crippen LogP contribution in [0.5, 0.6) is 0 Å². The maximum Gasteiger partial charge on any atom is 0.0277 e. The first-order valence-corrected chi connectivity index (χ1v) is 2.69. The summed E-state index contributed by atoms with van der Waals surface area (Å²) in [6.45, 7) is 3.85. The molecule has 1 aliphatic rings. The largest absolute Gasteiger partial charge is 0.313 e. The van der Waals surface area contributed by atoms with Gasteiger partial charge in [-0.05, 0) is 19.9 Å². The van der Waals surface area contributed by atoms with Crippen LogP contribution < -0.4 is 5.32 Å². The van der Waals surface area contributed by atoms with Gasteiger partial charge in [0.1, 0.15) is 0 Å². The molecule has 7 heavy (non-hydrogen) atoms. The second-order valence-electron chi connectivity index (χ2n) is 2.04. The summed E-state index contributed by atoms with van der Waals surface area (Å²) >= 11 is 0. The summed E-state index contributed by atoms with van der Waals surface area (Å²) in [6.07, 6.45) is 2.51. The molecule has 0 heterocycles. The van der Waals surface area contributed by atoms with E-state index >= 15 is 0 Å². The Kier molecular flexibility index (Phi) is 1.15. The van der Waals surface area contributed by atoms with Crippen molar-refractivity contribution in [2.24, 2.45) is 0 Å². The molecule has 1 atom stereocenters. The first-order valence-electron chi connectivity index (χ1n) is 2.69. The van der Waals surface area contributed by atoms with Crippen LogP contribution in [0, 0.1) is 0 Å². The van der Waals surface area contributed by atoms with Crippen molar-refractivity contribution < 1.29 is 0 Å². The van der Waals surface area contributed by atoms with Crippen molar-refractivity contribution in [3.05, 3.63) is 12.2 Å². The molecule has 0 unspecified atom stereocenters. The van der Waals surface area contributed by atoms with Gasteiger partial charge in [-0.2, -0.15) is 0 Å². The van der Waals surface area contributed by atoms with Crippen LogP contribution in [0.1, 0.15) is 12.8 Å². The van der Waals surface area contributed by atoms with E-state index in [-0.39, 0.29) is 0 Å². The van der Waals surface area contributed by atoms with E-state index in [0.717, 1.165) is 0 Å². The first kappa shape index (κ1) is 4.85. The molecule has 1 rings (SSSR count). The van der Waals surface area contributed by atoms with Crippen molar-refractivity contribution in [3.63, 3.8) is 0 Å². The minimum Gasteiger partial charge on any atom is -0.313 e. The van der Waals surface area contributed by atoms with Crippen molar-refractivity contribution in [3.8, 4) is 0 Å². The Morgan fingerprint density at radius 1 is 1.86 bits per heavy atom. The Morgan fingerprint density at radius 2 is 2.57 bits per heavy atom. The van der Waals surface area contributed by atoms with E-state index < -0.39 is 0 Å². The van der Waals surface area contributed by atoms with Gasteiger partial charge in [0.15, 0.2) is 0 Å². The summed E-state index contributed by atoms with van der Waals surface area (Å²) in [5.74, 6) is 0. The normalized spacial score (nSPS) is 29.9. The molecule has 1 heteroatoms. The Morgan fingerprint density at radius 3 is 2.57 bits per heavy atom. The lowest BCUT2D eigenvalue weighted by Crippen LogP contribution is -2.34. The summed E-state index contributed by atoms with van der Waals surface area (Å²) in [4.78, 5) is 0. The minimum atomic E-state index is 0.639. The fourth-order valence-electron chi connectivity index (χ4n) is 0.841. The fraction of sp³-hybridized carbons (Fsp3) is 0.667. The van der Waals surface area contributed by atoms with Crippen LogP contribution in [0.15, 0.2) is 12.2 Å². The lowest BCUT2D eigenvalue weighted by Gasteiger charge is -2.27. The second kappa shape index (κ2) is 1.66. The molecular weight excluding hydrogens is 86.1 g/mol. The predicted octanol–water partition coefficient (Wildman–Crippen LogP) is 0.924. The highest BCUT2D eigenvalue weighted by Crippen LogP contribution is 2.23. The SMILES string of the molecule is C=C1CC[C@@H]1NC. The molecule has 0 aliphatic heterocycles. The van der Waals surface area contributed by atoms with E-state index in [0.29, 0.717) is 6.04 Å². The third-order valence-corrected chi connectivity index (χ3v) is 1.60. The number of hydrogen-bond acceptors (Lipinski definition) is 1. The van der Waals surface area contributed by atoms with Gasteiger partial charge in [0.05, 0.1) is 0 Å².